The summed E-state index contributed by atoms with van der Waals surface area (Å²) in [6, 6.07) is 16.3. The van der Waals surface area contributed by atoms with Crippen LogP contribution in [0.1, 0.15) is 45.1 Å². The van der Waals surface area contributed by atoms with Crippen molar-refractivity contribution in [1.82, 2.24) is 0 Å². The zero-order valence-corrected chi connectivity index (χ0v) is 16.7. The summed E-state index contributed by atoms with van der Waals surface area (Å²) in [4.78, 5) is 14.7. The third-order valence-electron chi connectivity index (χ3n) is 5.32. The highest BCUT2D eigenvalue weighted by atomic mass is 16.1. The van der Waals surface area contributed by atoms with E-state index in [1.54, 1.807) is 0 Å². The van der Waals surface area contributed by atoms with E-state index >= 15 is 0 Å². The van der Waals surface area contributed by atoms with Crippen LogP contribution in [-0.2, 0) is 4.79 Å². The molecule has 2 aromatic rings. The lowest BCUT2D eigenvalue weighted by Crippen LogP contribution is -2.32. The van der Waals surface area contributed by atoms with Gasteiger partial charge in [-0.15, -0.1) is 0 Å². The number of amides is 1. The molecule has 0 spiro atoms. The van der Waals surface area contributed by atoms with E-state index in [4.69, 9.17) is 0 Å². The second kappa shape index (κ2) is 8.94. The summed E-state index contributed by atoms with van der Waals surface area (Å²) < 4.78 is 0. The molecule has 4 heteroatoms. The molecule has 2 aromatic carbocycles. The van der Waals surface area contributed by atoms with Crippen LogP contribution in [0.3, 0.4) is 0 Å². The van der Waals surface area contributed by atoms with Crippen molar-refractivity contribution in [2.24, 2.45) is 5.92 Å². The second-order valence-electron chi connectivity index (χ2n) is 7.86. The number of hydrogen-bond donors (Lipinski definition) is 2. The summed E-state index contributed by atoms with van der Waals surface area (Å²) in [5.74, 6) is 1.21. The van der Waals surface area contributed by atoms with Gasteiger partial charge in [-0.1, -0.05) is 39.0 Å². The molecule has 1 aliphatic rings. The summed E-state index contributed by atoms with van der Waals surface area (Å²) >= 11 is 0. The van der Waals surface area contributed by atoms with Crippen LogP contribution in [0, 0.1) is 5.92 Å². The summed E-state index contributed by atoms with van der Waals surface area (Å²) in [5, 5.41) is 6.24. The number of piperidine rings is 1. The van der Waals surface area contributed by atoms with Gasteiger partial charge in [-0.3, -0.25) is 4.79 Å². The molecule has 1 aliphatic heterocycles. The number of carbonyl (C=O) groups excluding carboxylic acids is 1. The Morgan fingerprint density at radius 2 is 1.74 bits per heavy atom. The van der Waals surface area contributed by atoms with Crippen molar-refractivity contribution in [3.63, 3.8) is 0 Å². The highest BCUT2D eigenvalue weighted by molar-refractivity contribution is 5.94. The molecule has 144 valence electrons. The summed E-state index contributed by atoms with van der Waals surface area (Å²) in [7, 11) is 0. The monoisotopic (exact) mass is 365 g/mol. The highest BCUT2D eigenvalue weighted by Crippen LogP contribution is 2.25. The Kier molecular flexibility index (Phi) is 6.38. The summed E-state index contributed by atoms with van der Waals surface area (Å²) in [5.41, 5.74) is 4.33. The molecule has 27 heavy (non-hydrogen) atoms. The van der Waals surface area contributed by atoms with Crippen LogP contribution in [0.5, 0.6) is 0 Å². The number of carbonyl (C=O) groups is 1. The normalized spacial score (nSPS) is 15.0. The molecule has 2 N–H and O–H groups in total. The standard InChI is InChI=1S/C23H31N3O/c1-17(2)21-6-4-5-7-22(21)24-16-23(27)25-19-8-10-20(11-9-19)26-14-12-18(3)13-15-26/h4-11,17-18,24H,12-16H2,1-3H3,(H,25,27). The van der Waals surface area contributed by atoms with Gasteiger partial charge in [0.25, 0.3) is 0 Å². The molecule has 0 atom stereocenters. The Balaban J connectivity index is 1.52. The predicted molar refractivity (Wildman–Crippen MR) is 115 cm³/mol. The first-order valence-electron chi connectivity index (χ1n) is 10.0. The van der Waals surface area contributed by atoms with E-state index in [9.17, 15) is 4.79 Å². The van der Waals surface area contributed by atoms with Crippen molar-refractivity contribution in [3.05, 3.63) is 54.1 Å². The fourth-order valence-electron chi connectivity index (χ4n) is 3.56. The molecule has 1 fully saturated rings. The molecule has 0 aromatic heterocycles. The summed E-state index contributed by atoms with van der Waals surface area (Å²) in [6.45, 7) is 9.13. The quantitative estimate of drug-likeness (QED) is 0.749. The van der Waals surface area contributed by atoms with Crippen LogP contribution in [0.4, 0.5) is 17.1 Å². The molecular formula is C23H31N3O. The van der Waals surface area contributed by atoms with E-state index in [1.807, 2.05) is 30.3 Å². The lowest BCUT2D eigenvalue weighted by Gasteiger charge is -2.32. The maximum Gasteiger partial charge on any atom is 0.243 e. The average molecular weight is 366 g/mol. The van der Waals surface area contributed by atoms with E-state index < -0.39 is 0 Å². The average Bonchev–Trinajstić information content (AvgIpc) is 2.68. The first-order valence-corrected chi connectivity index (χ1v) is 10.0. The smallest absolute Gasteiger partial charge is 0.243 e. The van der Waals surface area contributed by atoms with Crippen molar-refractivity contribution in [2.45, 2.75) is 39.5 Å². The number of anilines is 3. The van der Waals surface area contributed by atoms with Crippen LogP contribution in [0.15, 0.2) is 48.5 Å². The van der Waals surface area contributed by atoms with E-state index in [1.165, 1.54) is 24.1 Å². The van der Waals surface area contributed by atoms with Crippen LogP contribution in [0.25, 0.3) is 0 Å². The first-order chi connectivity index (χ1) is 13.0. The van der Waals surface area contributed by atoms with Crippen molar-refractivity contribution < 1.29 is 4.79 Å². The topological polar surface area (TPSA) is 44.4 Å². The highest BCUT2D eigenvalue weighted by Gasteiger charge is 2.16. The van der Waals surface area contributed by atoms with Crippen molar-refractivity contribution >= 4 is 23.0 Å². The number of nitrogens with one attached hydrogen (secondary N) is 2. The Morgan fingerprint density at radius 3 is 2.41 bits per heavy atom. The molecule has 3 rings (SSSR count). The number of benzene rings is 2. The van der Waals surface area contributed by atoms with Gasteiger partial charge >= 0.3 is 0 Å². The maximum atomic E-state index is 12.3. The van der Waals surface area contributed by atoms with E-state index in [2.05, 4.69) is 54.5 Å². The lowest BCUT2D eigenvalue weighted by molar-refractivity contribution is -0.114. The Morgan fingerprint density at radius 1 is 1.07 bits per heavy atom. The Hall–Kier alpha value is -2.49. The Bertz CT molecular complexity index is 746. The fourth-order valence-corrected chi connectivity index (χ4v) is 3.56. The molecule has 4 nitrogen and oxygen atoms in total. The molecule has 1 amide bonds. The number of hydrogen-bond acceptors (Lipinski definition) is 3. The number of para-hydroxylation sites is 1. The van der Waals surface area contributed by atoms with E-state index in [0.29, 0.717) is 5.92 Å². The SMILES string of the molecule is CC1CCN(c2ccc(NC(=O)CNc3ccccc3C(C)C)cc2)CC1. The van der Waals surface area contributed by atoms with Gasteiger partial charge in [0.05, 0.1) is 6.54 Å². The zero-order chi connectivity index (χ0) is 19.2. The molecule has 0 saturated carbocycles. The fraction of sp³-hybridized carbons (Fsp3) is 0.435. The second-order valence-corrected chi connectivity index (χ2v) is 7.86. The largest absolute Gasteiger partial charge is 0.376 e. The van der Waals surface area contributed by atoms with Crippen molar-refractivity contribution in [3.8, 4) is 0 Å². The predicted octanol–water partition coefficient (Wildman–Crippen LogP) is 5.10. The molecule has 1 heterocycles. The van der Waals surface area contributed by atoms with Crippen LogP contribution in [-0.4, -0.2) is 25.5 Å². The van der Waals surface area contributed by atoms with Gasteiger partial charge < -0.3 is 15.5 Å². The third kappa shape index (κ3) is 5.25. The number of nitrogens with zero attached hydrogens (tertiary/aromatic N) is 1. The molecule has 1 saturated heterocycles. The molecular weight excluding hydrogens is 334 g/mol. The van der Waals surface area contributed by atoms with Gasteiger partial charge in [0.1, 0.15) is 0 Å². The molecule has 0 aliphatic carbocycles. The van der Waals surface area contributed by atoms with Gasteiger partial charge in [0, 0.05) is 30.2 Å². The van der Waals surface area contributed by atoms with Crippen LogP contribution < -0.4 is 15.5 Å². The van der Waals surface area contributed by atoms with Gasteiger partial charge in [-0.05, 0) is 60.6 Å². The minimum Gasteiger partial charge on any atom is -0.376 e. The first kappa shape index (κ1) is 19.3. The lowest BCUT2D eigenvalue weighted by atomic mass is 9.99. The Labute approximate surface area is 163 Å². The van der Waals surface area contributed by atoms with E-state index in [0.717, 1.165) is 30.4 Å². The minimum absolute atomic E-state index is 0.0342. The van der Waals surface area contributed by atoms with Crippen LogP contribution >= 0.6 is 0 Å². The van der Waals surface area contributed by atoms with Gasteiger partial charge in [-0.2, -0.15) is 0 Å². The molecule has 0 bridgehead atoms. The molecule has 0 radical (unpaired) electrons. The van der Waals surface area contributed by atoms with Gasteiger partial charge in [0.15, 0.2) is 0 Å². The molecule has 0 unspecified atom stereocenters. The van der Waals surface area contributed by atoms with Gasteiger partial charge in [0.2, 0.25) is 5.91 Å². The maximum absolute atomic E-state index is 12.3. The van der Waals surface area contributed by atoms with Crippen LogP contribution in [0.2, 0.25) is 0 Å². The third-order valence-corrected chi connectivity index (χ3v) is 5.32. The van der Waals surface area contributed by atoms with Gasteiger partial charge in [-0.25, -0.2) is 0 Å². The minimum atomic E-state index is -0.0342. The summed E-state index contributed by atoms with van der Waals surface area (Å²) in [6.07, 6.45) is 2.50. The number of rotatable bonds is 6. The van der Waals surface area contributed by atoms with Crippen molar-refractivity contribution in [2.75, 3.05) is 35.2 Å². The van der Waals surface area contributed by atoms with E-state index in [-0.39, 0.29) is 12.5 Å². The van der Waals surface area contributed by atoms with Crippen molar-refractivity contribution in [1.29, 1.82) is 0 Å². The zero-order valence-electron chi connectivity index (χ0n) is 16.7.